The number of carbonyl (C=O) groups excluding carboxylic acids is 1. The molecular weight excluding hydrogens is 518 g/mol. The summed E-state index contributed by atoms with van der Waals surface area (Å²) < 4.78 is 7.49. The summed E-state index contributed by atoms with van der Waals surface area (Å²) in [6.45, 7) is 3.68. The third-order valence-electron chi connectivity index (χ3n) is 6.55. The summed E-state index contributed by atoms with van der Waals surface area (Å²) in [6.07, 6.45) is 3.81. The Morgan fingerprint density at radius 3 is 2.50 bits per heavy atom. The molecule has 0 bridgehead atoms. The molecule has 0 radical (unpaired) electrons. The molecule has 9 heteroatoms. The molecule has 3 heterocycles. The molecule has 0 spiro atoms. The lowest BCUT2D eigenvalue weighted by Crippen LogP contribution is -2.30. The number of aromatic nitrogens is 2. The van der Waals surface area contributed by atoms with Crippen LogP contribution < -0.4 is 20.3 Å². The predicted octanol–water partition coefficient (Wildman–Crippen LogP) is 6.31. The van der Waals surface area contributed by atoms with E-state index in [2.05, 4.69) is 31.2 Å². The summed E-state index contributed by atoms with van der Waals surface area (Å²) in [5.74, 6) is 0.539. The van der Waals surface area contributed by atoms with Gasteiger partial charge in [0.1, 0.15) is 11.8 Å². The lowest BCUT2D eigenvalue weighted by Gasteiger charge is -2.29. The van der Waals surface area contributed by atoms with Gasteiger partial charge in [-0.3, -0.25) is 9.78 Å². The number of pyridine rings is 1. The van der Waals surface area contributed by atoms with E-state index < -0.39 is 0 Å². The van der Waals surface area contributed by atoms with E-state index in [9.17, 15) is 4.79 Å². The number of hydrogen-bond donors (Lipinski definition) is 2. The van der Waals surface area contributed by atoms with Gasteiger partial charge >= 0.3 is 0 Å². The van der Waals surface area contributed by atoms with Crippen LogP contribution in [-0.4, -0.2) is 27.7 Å². The number of anilines is 2. The van der Waals surface area contributed by atoms with Gasteiger partial charge in [-0.1, -0.05) is 31.5 Å². The average Bonchev–Trinajstić information content (AvgIpc) is 3.54. The maximum atomic E-state index is 12.2. The van der Waals surface area contributed by atoms with Crippen molar-refractivity contribution < 1.29 is 9.53 Å². The molecule has 2 aromatic carbocycles. The molecule has 2 atom stereocenters. The second-order valence-electron chi connectivity index (χ2n) is 9.31. The molecule has 5 rings (SSSR count). The summed E-state index contributed by atoms with van der Waals surface area (Å²) in [6, 6.07) is 23.0. The molecule has 1 amide bonds. The summed E-state index contributed by atoms with van der Waals surface area (Å²) in [7, 11) is 1.65. The largest absolute Gasteiger partial charge is 0.497 e. The molecule has 2 aromatic heterocycles. The quantitative estimate of drug-likeness (QED) is 0.265. The number of thiocarbonyl (C=S) groups is 1. The number of nitrogens with zero attached hydrogens (tertiary/aromatic N) is 3. The van der Waals surface area contributed by atoms with Crippen molar-refractivity contribution in [2.45, 2.75) is 25.9 Å². The zero-order valence-corrected chi connectivity index (χ0v) is 22.8. The molecular formula is C29H28ClN5O2S. The molecule has 38 heavy (non-hydrogen) atoms. The van der Waals surface area contributed by atoms with E-state index in [1.165, 1.54) is 0 Å². The Balaban J connectivity index is 1.59. The highest BCUT2D eigenvalue weighted by Crippen LogP contribution is 2.43. The monoisotopic (exact) mass is 545 g/mol. The van der Waals surface area contributed by atoms with Crippen molar-refractivity contribution in [3.63, 3.8) is 0 Å². The first-order chi connectivity index (χ1) is 18.4. The van der Waals surface area contributed by atoms with Crippen molar-refractivity contribution in [3.05, 3.63) is 102 Å². The molecule has 0 aliphatic carbocycles. The zero-order valence-electron chi connectivity index (χ0n) is 21.3. The average molecular weight is 546 g/mol. The van der Waals surface area contributed by atoms with Gasteiger partial charge in [0.15, 0.2) is 5.11 Å². The normalized spacial score (nSPS) is 17.0. The first-order valence-corrected chi connectivity index (χ1v) is 13.1. The molecule has 0 unspecified atom stereocenters. The Morgan fingerprint density at radius 1 is 1.08 bits per heavy atom. The number of nitrogens with one attached hydrogen (secondary N) is 2. The van der Waals surface area contributed by atoms with Gasteiger partial charge in [0.05, 0.1) is 29.6 Å². The first-order valence-electron chi connectivity index (χ1n) is 12.3. The minimum atomic E-state index is -0.235. The summed E-state index contributed by atoms with van der Waals surface area (Å²) in [4.78, 5) is 18.9. The van der Waals surface area contributed by atoms with Crippen molar-refractivity contribution >= 4 is 46.2 Å². The van der Waals surface area contributed by atoms with E-state index in [1.807, 2.05) is 86.8 Å². The molecule has 0 saturated carbocycles. The number of benzene rings is 2. The Bertz CT molecular complexity index is 1460. The summed E-state index contributed by atoms with van der Waals surface area (Å²) in [5.41, 5.74) is 4.25. The van der Waals surface area contributed by atoms with E-state index in [0.29, 0.717) is 15.8 Å². The number of halogens is 1. The molecule has 2 N–H and O–H groups in total. The van der Waals surface area contributed by atoms with Crippen molar-refractivity contribution in [2.24, 2.45) is 5.92 Å². The van der Waals surface area contributed by atoms with Crippen molar-refractivity contribution in [1.29, 1.82) is 0 Å². The van der Waals surface area contributed by atoms with Crippen LogP contribution in [0.2, 0.25) is 5.02 Å². The van der Waals surface area contributed by atoms with Gasteiger partial charge < -0.3 is 24.8 Å². The van der Waals surface area contributed by atoms with Crippen LogP contribution in [0.1, 0.15) is 37.3 Å². The van der Waals surface area contributed by atoms with Crippen LogP contribution in [0.3, 0.4) is 0 Å². The molecule has 1 aliphatic rings. The highest BCUT2D eigenvalue weighted by molar-refractivity contribution is 7.80. The summed E-state index contributed by atoms with van der Waals surface area (Å²) >= 11 is 12.5. The van der Waals surface area contributed by atoms with Crippen LogP contribution >= 0.6 is 23.8 Å². The molecule has 194 valence electrons. The number of ether oxygens (including phenoxy) is 1. The van der Waals surface area contributed by atoms with E-state index in [-0.39, 0.29) is 23.9 Å². The van der Waals surface area contributed by atoms with Gasteiger partial charge in [-0.05, 0) is 78.9 Å². The Morgan fingerprint density at radius 2 is 1.84 bits per heavy atom. The van der Waals surface area contributed by atoms with Crippen molar-refractivity contribution in [3.8, 4) is 11.4 Å². The fourth-order valence-electron chi connectivity index (χ4n) is 4.58. The fourth-order valence-corrected chi connectivity index (χ4v) is 5.15. The molecule has 7 nitrogen and oxygen atoms in total. The standard InChI is InChI=1S/C29H28ClN5O2S/c1-18(2)28(36)32-23-14-11-20(17-22(23)30)35-27(26(33-29(35)38)24-7-4-5-15-31-24)25-8-6-16-34(25)19-9-12-21(37-3)13-10-19/h4-18,26-27H,1-3H3,(H,32,36)(H,33,38)/t26-,27-/m0/s1. The number of carbonyl (C=O) groups is 1. The number of amides is 1. The van der Waals surface area contributed by atoms with Gasteiger partial charge in [0.25, 0.3) is 0 Å². The molecule has 4 aromatic rings. The first kappa shape index (κ1) is 25.8. The lowest BCUT2D eigenvalue weighted by molar-refractivity contribution is -0.118. The topological polar surface area (TPSA) is 71.4 Å². The summed E-state index contributed by atoms with van der Waals surface area (Å²) in [5, 5.41) is 7.37. The third-order valence-corrected chi connectivity index (χ3v) is 7.17. The van der Waals surface area contributed by atoms with Crippen LogP contribution in [0.15, 0.2) is 85.2 Å². The molecule has 1 fully saturated rings. The fraction of sp³-hybridized carbons (Fsp3) is 0.207. The third kappa shape index (κ3) is 4.97. The maximum Gasteiger partial charge on any atom is 0.226 e. The minimum absolute atomic E-state index is 0.0941. The van der Waals surface area contributed by atoms with Crippen LogP contribution in [0.4, 0.5) is 11.4 Å². The Labute approximate surface area is 232 Å². The zero-order chi connectivity index (χ0) is 26.8. The van der Waals surface area contributed by atoms with E-state index in [4.69, 9.17) is 28.6 Å². The van der Waals surface area contributed by atoms with Gasteiger partial charge in [-0.25, -0.2) is 0 Å². The Hall–Kier alpha value is -3.88. The second-order valence-corrected chi connectivity index (χ2v) is 10.1. The van der Waals surface area contributed by atoms with E-state index in [0.717, 1.165) is 28.5 Å². The maximum absolute atomic E-state index is 12.2. The van der Waals surface area contributed by atoms with Crippen LogP contribution in [0.5, 0.6) is 5.75 Å². The Kier molecular flexibility index (Phi) is 7.35. The van der Waals surface area contributed by atoms with Crippen molar-refractivity contribution in [2.75, 3.05) is 17.3 Å². The van der Waals surface area contributed by atoms with Crippen molar-refractivity contribution in [1.82, 2.24) is 14.9 Å². The predicted molar refractivity (Wildman–Crippen MR) is 155 cm³/mol. The highest BCUT2D eigenvalue weighted by Gasteiger charge is 2.42. The van der Waals surface area contributed by atoms with E-state index >= 15 is 0 Å². The lowest BCUT2D eigenvalue weighted by atomic mass is 10.0. The van der Waals surface area contributed by atoms with Gasteiger partial charge in [-0.15, -0.1) is 0 Å². The second kappa shape index (κ2) is 10.8. The van der Waals surface area contributed by atoms with Gasteiger partial charge in [0.2, 0.25) is 5.91 Å². The molecule has 1 aliphatic heterocycles. The molecule has 1 saturated heterocycles. The SMILES string of the molecule is COc1ccc(-n2cccc2[C@H]2[C@H](c3ccccn3)NC(=S)N2c2ccc(NC(=O)C(C)C)c(Cl)c2)cc1. The van der Waals surface area contributed by atoms with Gasteiger partial charge in [-0.2, -0.15) is 0 Å². The highest BCUT2D eigenvalue weighted by atomic mass is 35.5. The number of hydrogen-bond acceptors (Lipinski definition) is 4. The number of methoxy groups -OCH3 is 1. The smallest absolute Gasteiger partial charge is 0.226 e. The van der Waals surface area contributed by atoms with Crippen LogP contribution in [0.25, 0.3) is 5.69 Å². The van der Waals surface area contributed by atoms with Crippen LogP contribution in [-0.2, 0) is 4.79 Å². The minimum Gasteiger partial charge on any atom is -0.497 e. The van der Waals surface area contributed by atoms with Crippen LogP contribution in [0, 0.1) is 5.92 Å². The van der Waals surface area contributed by atoms with Gasteiger partial charge in [0, 0.05) is 35.4 Å². The number of rotatable bonds is 7. The van der Waals surface area contributed by atoms with E-state index in [1.54, 1.807) is 13.3 Å².